The minimum absolute atomic E-state index is 0.0316. The number of hydrogen-bond acceptors (Lipinski definition) is 6. The summed E-state index contributed by atoms with van der Waals surface area (Å²) in [5.74, 6) is -0.0734. The lowest BCUT2D eigenvalue weighted by atomic mass is 10.1. The van der Waals surface area contributed by atoms with E-state index >= 15 is 0 Å². The molecule has 4 aromatic rings. The van der Waals surface area contributed by atoms with Crippen molar-refractivity contribution in [2.75, 3.05) is 17.2 Å². The maximum Gasteiger partial charge on any atom is 0.354 e. The largest absolute Gasteiger partial charge is 0.477 e. The maximum absolute atomic E-state index is 13.1. The highest BCUT2D eigenvalue weighted by Crippen LogP contribution is 2.32. The van der Waals surface area contributed by atoms with Gasteiger partial charge in [-0.15, -0.1) is 0 Å². The Balaban J connectivity index is 1.22. The number of aromatic nitrogens is 4. The molecule has 1 unspecified atom stereocenters. The highest BCUT2D eigenvalue weighted by atomic mass is 16.4. The van der Waals surface area contributed by atoms with Crippen LogP contribution in [0.1, 0.15) is 40.8 Å². The Morgan fingerprint density at radius 1 is 1.08 bits per heavy atom. The third-order valence-electron chi connectivity index (χ3n) is 5.97. The number of urea groups is 1. The number of hydrogen-bond donors (Lipinski definition) is 4. The van der Waals surface area contributed by atoms with Crippen molar-refractivity contribution in [2.45, 2.75) is 25.3 Å². The van der Waals surface area contributed by atoms with E-state index in [1.165, 1.54) is 12.3 Å². The number of carboxylic acid groups (broad SMARTS) is 1. The predicted octanol–water partition coefficient (Wildman–Crippen LogP) is 3.60. The van der Waals surface area contributed by atoms with Crippen molar-refractivity contribution in [2.24, 2.45) is 0 Å². The number of pyridine rings is 2. The van der Waals surface area contributed by atoms with E-state index in [0.717, 1.165) is 18.4 Å². The molecular weight excluding hydrogens is 462 g/mol. The van der Waals surface area contributed by atoms with Gasteiger partial charge in [0, 0.05) is 18.4 Å². The summed E-state index contributed by atoms with van der Waals surface area (Å²) in [6, 6.07) is 13.2. The molecule has 11 nitrogen and oxygen atoms in total. The smallest absolute Gasteiger partial charge is 0.354 e. The number of likely N-dealkylation sites (tertiary alicyclic amines) is 1. The molecule has 0 saturated carbocycles. The number of rotatable bonds is 6. The third-order valence-corrected chi connectivity index (χ3v) is 5.97. The van der Waals surface area contributed by atoms with Crippen LogP contribution >= 0.6 is 0 Å². The van der Waals surface area contributed by atoms with Gasteiger partial charge in [-0.2, -0.15) is 0 Å². The molecule has 4 heterocycles. The molecule has 36 heavy (non-hydrogen) atoms. The number of benzene rings is 1. The molecule has 1 saturated heterocycles. The van der Waals surface area contributed by atoms with Crippen molar-refractivity contribution in [1.82, 2.24) is 24.8 Å². The number of aromatic carboxylic acids is 1. The van der Waals surface area contributed by atoms with Crippen LogP contribution in [0.15, 0.2) is 60.9 Å². The molecule has 5 rings (SSSR count). The standard InChI is InChI=1S/C25H23N7O4/c33-22(12-15-6-8-16(9-7-15)28-25(36)31-21-5-1-2-10-26-21)32-11-3-4-20(32)23-29-17-13-18(24(34)35)27-14-19(17)30-23/h1-2,5-10,13-14,20H,3-4,11-12H2,(H,29,30)(H,34,35)(H2,26,28,31,36). The normalized spacial score (nSPS) is 15.1. The van der Waals surface area contributed by atoms with Gasteiger partial charge in [-0.3, -0.25) is 10.1 Å². The summed E-state index contributed by atoms with van der Waals surface area (Å²) in [5.41, 5.74) is 2.48. The number of amides is 3. The van der Waals surface area contributed by atoms with Crippen molar-refractivity contribution in [3.8, 4) is 0 Å². The van der Waals surface area contributed by atoms with Crippen molar-refractivity contribution < 1.29 is 19.5 Å². The molecule has 1 fully saturated rings. The summed E-state index contributed by atoms with van der Waals surface area (Å²) in [6.45, 7) is 0.618. The first-order valence-corrected chi connectivity index (χ1v) is 11.4. The van der Waals surface area contributed by atoms with Gasteiger partial charge >= 0.3 is 12.0 Å². The molecule has 0 bridgehead atoms. The molecule has 1 aromatic carbocycles. The summed E-state index contributed by atoms with van der Waals surface area (Å²) in [4.78, 5) is 53.9. The number of anilines is 2. The molecule has 11 heteroatoms. The molecular formula is C25H23N7O4. The van der Waals surface area contributed by atoms with Crippen LogP contribution in [0.5, 0.6) is 0 Å². The molecule has 4 N–H and O–H groups in total. The number of H-pyrrole nitrogens is 1. The van der Waals surface area contributed by atoms with E-state index in [1.807, 2.05) is 0 Å². The van der Waals surface area contributed by atoms with Gasteiger partial charge in [0.1, 0.15) is 22.9 Å². The maximum atomic E-state index is 13.1. The lowest BCUT2D eigenvalue weighted by Crippen LogP contribution is -2.32. The van der Waals surface area contributed by atoms with E-state index < -0.39 is 12.0 Å². The Morgan fingerprint density at radius 2 is 1.92 bits per heavy atom. The SMILES string of the molecule is O=C(Nc1ccc(CC(=O)N2CCCC2c2nc3cnc(C(=O)O)cc3[nH]2)cc1)Nc1ccccn1. The van der Waals surface area contributed by atoms with Gasteiger partial charge in [0.05, 0.1) is 24.2 Å². The average Bonchev–Trinajstić information content (AvgIpc) is 3.52. The van der Waals surface area contributed by atoms with Crippen LogP contribution in [0.3, 0.4) is 0 Å². The van der Waals surface area contributed by atoms with Crippen molar-refractivity contribution in [3.05, 3.63) is 78.0 Å². The molecule has 3 amide bonds. The Bertz CT molecular complexity index is 1420. The number of nitrogens with one attached hydrogen (secondary N) is 3. The molecule has 0 radical (unpaired) electrons. The summed E-state index contributed by atoms with van der Waals surface area (Å²) in [6.07, 6.45) is 4.83. The van der Waals surface area contributed by atoms with Gasteiger partial charge in [0.15, 0.2) is 0 Å². The van der Waals surface area contributed by atoms with Crippen LogP contribution < -0.4 is 10.6 Å². The number of nitrogens with zero attached hydrogens (tertiary/aromatic N) is 4. The Kier molecular flexibility index (Phi) is 6.27. The zero-order valence-electron chi connectivity index (χ0n) is 19.1. The van der Waals surface area contributed by atoms with E-state index in [-0.39, 0.29) is 24.1 Å². The lowest BCUT2D eigenvalue weighted by Gasteiger charge is -2.23. The highest BCUT2D eigenvalue weighted by Gasteiger charge is 2.32. The quantitative estimate of drug-likeness (QED) is 0.325. The van der Waals surface area contributed by atoms with Crippen LogP contribution in [0.4, 0.5) is 16.3 Å². The van der Waals surface area contributed by atoms with Crippen molar-refractivity contribution in [1.29, 1.82) is 0 Å². The molecule has 3 aromatic heterocycles. The molecule has 1 atom stereocenters. The number of fused-ring (bicyclic) bond motifs is 1. The topological polar surface area (TPSA) is 153 Å². The second-order valence-corrected chi connectivity index (χ2v) is 8.43. The Labute approximate surface area is 205 Å². The lowest BCUT2D eigenvalue weighted by molar-refractivity contribution is -0.131. The van der Waals surface area contributed by atoms with E-state index in [4.69, 9.17) is 5.11 Å². The van der Waals surface area contributed by atoms with Crippen LogP contribution in [0, 0.1) is 0 Å². The highest BCUT2D eigenvalue weighted by molar-refractivity contribution is 5.99. The summed E-state index contributed by atoms with van der Waals surface area (Å²) >= 11 is 0. The van der Waals surface area contributed by atoms with Crippen molar-refractivity contribution in [3.63, 3.8) is 0 Å². The number of carbonyl (C=O) groups is 3. The van der Waals surface area contributed by atoms with Gasteiger partial charge in [-0.05, 0) is 48.7 Å². The van der Waals surface area contributed by atoms with Crippen LogP contribution in [-0.2, 0) is 11.2 Å². The van der Waals surface area contributed by atoms with E-state index in [9.17, 15) is 14.4 Å². The molecule has 1 aliphatic rings. The second-order valence-electron chi connectivity index (χ2n) is 8.43. The minimum atomic E-state index is -1.11. The van der Waals surface area contributed by atoms with Gasteiger partial charge in [-0.25, -0.2) is 24.5 Å². The van der Waals surface area contributed by atoms with Gasteiger partial charge in [-0.1, -0.05) is 18.2 Å². The summed E-state index contributed by atoms with van der Waals surface area (Å²) < 4.78 is 0. The Hall–Kier alpha value is -4.80. The first-order chi connectivity index (χ1) is 17.5. The third kappa shape index (κ3) is 4.99. The number of imidazole rings is 1. The first kappa shape index (κ1) is 23.0. The van der Waals surface area contributed by atoms with Crippen LogP contribution in [-0.4, -0.2) is 54.4 Å². The molecule has 0 aliphatic carbocycles. The average molecular weight is 486 g/mol. The zero-order chi connectivity index (χ0) is 25.1. The fourth-order valence-corrected chi connectivity index (χ4v) is 4.25. The fraction of sp³-hybridized carbons (Fsp3) is 0.200. The van der Waals surface area contributed by atoms with E-state index in [0.29, 0.717) is 34.9 Å². The Morgan fingerprint density at radius 3 is 2.67 bits per heavy atom. The monoisotopic (exact) mass is 485 g/mol. The van der Waals surface area contributed by atoms with E-state index in [2.05, 4.69) is 30.6 Å². The first-order valence-electron chi connectivity index (χ1n) is 11.4. The van der Waals surface area contributed by atoms with E-state index in [1.54, 1.807) is 53.6 Å². The van der Waals surface area contributed by atoms with Crippen LogP contribution in [0.25, 0.3) is 11.0 Å². The molecule has 182 valence electrons. The number of carboxylic acids is 1. The fourth-order valence-electron chi connectivity index (χ4n) is 4.25. The summed E-state index contributed by atoms with van der Waals surface area (Å²) in [7, 11) is 0. The van der Waals surface area contributed by atoms with Crippen LogP contribution in [0.2, 0.25) is 0 Å². The number of carbonyl (C=O) groups excluding carboxylic acids is 2. The number of aromatic amines is 1. The molecule has 0 spiro atoms. The van der Waals surface area contributed by atoms with Gasteiger partial charge < -0.3 is 20.3 Å². The second kappa shape index (κ2) is 9.82. The molecule has 1 aliphatic heterocycles. The van der Waals surface area contributed by atoms with Crippen molar-refractivity contribution >= 4 is 40.4 Å². The minimum Gasteiger partial charge on any atom is -0.477 e. The van der Waals surface area contributed by atoms with Gasteiger partial charge in [0.25, 0.3) is 0 Å². The van der Waals surface area contributed by atoms with Gasteiger partial charge in [0.2, 0.25) is 5.91 Å². The summed E-state index contributed by atoms with van der Waals surface area (Å²) in [5, 5.41) is 14.5. The predicted molar refractivity (Wildman–Crippen MR) is 132 cm³/mol. The zero-order valence-corrected chi connectivity index (χ0v) is 19.1.